The molecule has 2 aromatic rings. The van der Waals surface area contributed by atoms with Crippen LogP contribution in [0.2, 0.25) is 0 Å². The number of benzene rings is 1. The Bertz CT molecular complexity index is 772. The second-order valence-electron chi connectivity index (χ2n) is 5.90. The first-order valence-corrected chi connectivity index (χ1v) is 7.77. The van der Waals surface area contributed by atoms with Gasteiger partial charge in [0.05, 0.1) is 5.69 Å². The first-order valence-electron chi connectivity index (χ1n) is 7.77. The fourth-order valence-corrected chi connectivity index (χ4v) is 2.64. The Kier molecular flexibility index (Phi) is 5.75. The third kappa shape index (κ3) is 3.83. The molecule has 3 N–H and O–H groups in total. The monoisotopic (exact) mass is 348 g/mol. The van der Waals surface area contributed by atoms with Crippen LogP contribution >= 0.6 is 12.4 Å². The maximum Gasteiger partial charge on any atom is 0.276 e. The summed E-state index contributed by atoms with van der Waals surface area (Å²) >= 11 is 0. The van der Waals surface area contributed by atoms with E-state index in [2.05, 4.69) is 10.4 Å². The van der Waals surface area contributed by atoms with Crippen molar-refractivity contribution in [2.45, 2.75) is 25.8 Å². The van der Waals surface area contributed by atoms with Crippen LogP contribution in [0, 0.1) is 12.8 Å². The number of aryl methyl sites for hydroxylation is 1. The van der Waals surface area contributed by atoms with Crippen molar-refractivity contribution in [3.05, 3.63) is 58.0 Å². The van der Waals surface area contributed by atoms with Crippen LogP contribution in [-0.2, 0) is 0 Å². The molecular formula is C17H21ClN4O2. The molecule has 1 amide bonds. The fraction of sp³-hybridized carbons (Fsp3) is 0.353. The molecule has 7 heteroatoms. The number of rotatable bonds is 5. The smallest absolute Gasteiger partial charge is 0.276 e. The number of nitrogens with zero attached hydrogens (tertiary/aromatic N) is 2. The number of halogens is 1. The summed E-state index contributed by atoms with van der Waals surface area (Å²) in [5.41, 5.74) is 6.71. The molecule has 3 rings (SSSR count). The quantitative estimate of drug-likeness (QED) is 0.855. The van der Waals surface area contributed by atoms with Gasteiger partial charge < -0.3 is 11.1 Å². The zero-order valence-corrected chi connectivity index (χ0v) is 14.3. The first-order chi connectivity index (χ1) is 11.1. The van der Waals surface area contributed by atoms with Gasteiger partial charge in [0.15, 0.2) is 5.69 Å². The third-order valence-electron chi connectivity index (χ3n) is 4.08. The van der Waals surface area contributed by atoms with Gasteiger partial charge in [0.1, 0.15) is 0 Å². The highest BCUT2D eigenvalue weighted by atomic mass is 35.5. The van der Waals surface area contributed by atoms with E-state index in [0.717, 1.165) is 18.5 Å². The van der Waals surface area contributed by atoms with Gasteiger partial charge in [-0.2, -0.15) is 5.10 Å². The van der Waals surface area contributed by atoms with Crippen LogP contribution in [0.25, 0.3) is 5.69 Å². The third-order valence-corrected chi connectivity index (χ3v) is 4.08. The molecule has 1 aliphatic carbocycles. The Morgan fingerprint density at radius 2 is 2.04 bits per heavy atom. The summed E-state index contributed by atoms with van der Waals surface area (Å²) in [5.74, 6) is -0.0345. The summed E-state index contributed by atoms with van der Waals surface area (Å²) in [5, 5.41) is 7.10. The summed E-state index contributed by atoms with van der Waals surface area (Å²) in [6.07, 6.45) is 2.13. The minimum absolute atomic E-state index is 0. The Balaban J connectivity index is 0.00000208. The maximum atomic E-state index is 12.4. The molecule has 1 aromatic carbocycles. The standard InChI is InChI=1S/C17H20N4O2.ClH/c1-11-9-15(22)16(17(23)19-14(10-18)12-7-8-12)20-21(11)13-5-3-2-4-6-13;/h2-6,9,12,14H,7-8,10,18H2,1H3,(H,19,23);1H. The second-order valence-corrected chi connectivity index (χ2v) is 5.90. The van der Waals surface area contributed by atoms with Crippen molar-refractivity contribution in [3.63, 3.8) is 0 Å². The topological polar surface area (TPSA) is 90.0 Å². The lowest BCUT2D eigenvalue weighted by Gasteiger charge is -2.16. The van der Waals surface area contributed by atoms with Crippen LogP contribution in [0.15, 0.2) is 41.2 Å². The Morgan fingerprint density at radius 3 is 2.62 bits per heavy atom. The zero-order valence-electron chi connectivity index (χ0n) is 13.4. The summed E-state index contributed by atoms with van der Waals surface area (Å²) in [4.78, 5) is 24.6. The molecule has 1 atom stereocenters. The van der Waals surface area contributed by atoms with Crippen molar-refractivity contribution >= 4 is 18.3 Å². The molecule has 1 heterocycles. The van der Waals surface area contributed by atoms with Gasteiger partial charge in [-0.3, -0.25) is 9.59 Å². The minimum atomic E-state index is -0.456. The van der Waals surface area contributed by atoms with Crippen LogP contribution in [0.5, 0.6) is 0 Å². The van der Waals surface area contributed by atoms with Gasteiger partial charge in [0.25, 0.3) is 5.91 Å². The summed E-state index contributed by atoms with van der Waals surface area (Å²) in [6, 6.07) is 10.8. The van der Waals surface area contributed by atoms with E-state index in [9.17, 15) is 9.59 Å². The van der Waals surface area contributed by atoms with E-state index in [4.69, 9.17) is 5.73 Å². The van der Waals surface area contributed by atoms with Gasteiger partial charge in [-0.15, -0.1) is 12.4 Å². The van der Waals surface area contributed by atoms with Gasteiger partial charge in [0.2, 0.25) is 5.43 Å². The molecule has 0 spiro atoms. The average Bonchev–Trinajstić information content (AvgIpc) is 3.38. The van der Waals surface area contributed by atoms with Crippen LogP contribution in [0.4, 0.5) is 0 Å². The number of carbonyl (C=O) groups is 1. The van der Waals surface area contributed by atoms with Crippen molar-refractivity contribution in [1.29, 1.82) is 0 Å². The highest BCUT2D eigenvalue weighted by Gasteiger charge is 2.32. The van der Waals surface area contributed by atoms with Crippen molar-refractivity contribution in [1.82, 2.24) is 15.1 Å². The first kappa shape index (κ1) is 18.2. The lowest BCUT2D eigenvalue weighted by molar-refractivity contribution is 0.0925. The number of aromatic nitrogens is 2. The number of carbonyl (C=O) groups excluding carboxylic acids is 1. The van der Waals surface area contributed by atoms with Crippen LogP contribution in [-0.4, -0.2) is 28.3 Å². The van der Waals surface area contributed by atoms with Gasteiger partial charge >= 0.3 is 0 Å². The highest BCUT2D eigenvalue weighted by Crippen LogP contribution is 2.32. The molecule has 1 fully saturated rings. The summed E-state index contributed by atoms with van der Waals surface area (Å²) in [6.45, 7) is 2.16. The Labute approximate surface area is 146 Å². The van der Waals surface area contributed by atoms with E-state index >= 15 is 0 Å². The van der Waals surface area contributed by atoms with E-state index in [-0.39, 0.29) is 29.6 Å². The number of nitrogens with one attached hydrogen (secondary N) is 1. The van der Waals surface area contributed by atoms with Crippen LogP contribution in [0.1, 0.15) is 29.0 Å². The minimum Gasteiger partial charge on any atom is -0.346 e. The molecule has 0 bridgehead atoms. The Hall–Kier alpha value is -2.18. The molecule has 1 aromatic heterocycles. The fourth-order valence-electron chi connectivity index (χ4n) is 2.64. The molecular weight excluding hydrogens is 328 g/mol. The summed E-state index contributed by atoms with van der Waals surface area (Å²) < 4.78 is 1.60. The number of para-hydroxylation sites is 1. The van der Waals surface area contributed by atoms with Crippen LogP contribution in [0.3, 0.4) is 0 Å². The van der Waals surface area contributed by atoms with Crippen LogP contribution < -0.4 is 16.5 Å². The molecule has 0 saturated heterocycles. The SMILES string of the molecule is Cc1cc(=O)c(C(=O)NC(CN)C2CC2)nn1-c1ccccc1.Cl. The molecule has 0 aliphatic heterocycles. The lowest BCUT2D eigenvalue weighted by Crippen LogP contribution is -2.44. The highest BCUT2D eigenvalue weighted by molar-refractivity contribution is 5.92. The average molecular weight is 349 g/mol. The molecule has 6 nitrogen and oxygen atoms in total. The molecule has 24 heavy (non-hydrogen) atoms. The van der Waals surface area contributed by atoms with E-state index in [0.29, 0.717) is 18.2 Å². The van der Waals surface area contributed by atoms with Crippen molar-refractivity contribution in [2.24, 2.45) is 11.7 Å². The number of hydrogen-bond donors (Lipinski definition) is 2. The van der Waals surface area contributed by atoms with Crippen molar-refractivity contribution in [2.75, 3.05) is 6.54 Å². The van der Waals surface area contributed by atoms with Gasteiger partial charge in [0, 0.05) is 24.3 Å². The van der Waals surface area contributed by atoms with E-state index in [1.54, 1.807) is 11.6 Å². The van der Waals surface area contributed by atoms with Gasteiger partial charge in [-0.1, -0.05) is 18.2 Å². The largest absolute Gasteiger partial charge is 0.346 e. The number of nitrogens with two attached hydrogens (primary N) is 1. The number of amides is 1. The zero-order chi connectivity index (χ0) is 16.4. The molecule has 128 valence electrons. The maximum absolute atomic E-state index is 12.4. The predicted octanol–water partition coefficient (Wildman–Crippen LogP) is 1.43. The normalized spacial score (nSPS) is 14.6. The van der Waals surface area contributed by atoms with Gasteiger partial charge in [-0.25, -0.2) is 4.68 Å². The van der Waals surface area contributed by atoms with E-state index in [1.165, 1.54) is 6.07 Å². The van der Waals surface area contributed by atoms with Crippen molar-refractivity contribution < 1.29 is 4.79 Å². The summed E-state index contributed by atoms with van der Waals surface area (Å²) in [7, 11) is 0. The number of hydrogen-bond acceptors (Lipinski definition) is 4. The Morgan fingerprint density at radius 1 is 1.38 bits per heavy atom. The molecule has 1 saturated carbocycles. The molecule has 1 aliphatic rings. The van der Waals surface area contributed by atoms with E-state index in [1.807, 2.05) is 30.3 Å². The second kappa shape index (κ2) is 7.59. The van der Waals surface area contributed by atoms with E-state index < -0.39 is 5.91 Å². The predicted molar refractivity (Wildman–Crippen MR) is 94.9 cm³/mol. The van der Waals surface area contributed by atoms with Gasteiger partial charge in [-0.05, 0) is 37.8 Å². The molecule has 0 radical (unpaired) electrons. The lowest BCUT2D eigenvalue weighted by atomic mass is 10.2. The van der Waals surface area contributed by atoms with Crippen molar-refractivity contribution in [3.8, 4) is 5.69 Å². The molecule has 1 unspecified atom stereocenters.